The van der Waals surface area contributed by atoms with Gasteiger partial charge in [0.15, 0.2) is 5.78 Å². The number of hydrogen-bond donors (Lipinski definition) is 1. The van der Waals surface area contributed by atoms with Crippen LogP contribution < -0.4 is 5.32 Å². The normalized spacial score (nSPS) is 16.1. The Bertz CT molecular complexity index is 719. The number of nitrogens with zero attached hydrogens (tertiary/aromatic N) is 1. The van der Waals surface area contributed by atoms with E-state index in [4.69, 9.17) is 0 Å². The zero-order valence-electron chi connectivity index (χ0n) is 17.9. The maximum Gasteiger partial charge on any atom is 0.223 e. The van der Waals surface area contributed by atoms with Crippen LogP contribution in [0.2, 0.25) is 0 Å². The Labute approximate surface area is 168 Å². The second-order valence-electron chi connectivity index (χ2n) is 8.44. The van der Waals surface area contributed by atoms with Crippen molar-refractivity contribution in [3.8, 4) is 0 Å². The van der Waals surface area contributed by atoms with E-state index in [1.54, 1.807) is 4.90 Å². The minimum absolute atomic E-state index is 0.00747. The van der Waals surface area contributed by atoms with Gasteiger partial charge < -0.3 is 10.2 Å². The molecule has 2 rings (SSSR count). The third kappa shape index (κ3) is 5.91. The standard InChI is InChI=1S/C23H34N2O3/c1-15(2)18(5)24-23(28)19-10-12-25(13-11-19)22(27)9-8-21(26)20-14-16(3)6-7-17(20)4/h6-7,14-15,18-19H,8-13H2,1-5H3,(H,24,28). The Kier molecular flexibility index (Phi) is 7.78. The molecule has 1 unspecified atom stereocenters. The smallest absolute Gasteiger partial charge is 0.223 e. The predicted molar refractivity (Wildman–Crippen MR) is 111 cm³/mol. The molecule has 0 spiro atoms. The summed E-state index contributed by atoms with van der Waals surface area (Å²) < 4.78 is 0. The fraction of sp³-hybridized carbons (Fsp3) is 0.609. The Morgan fingerprint density at radius 3 is 2.32 bits per heavy atom. The molecular formula is C23H34N2O3. The van der Waals surface area contributed by atoms with E-state index in [1.807, 2.05) is 39.0 Å². The Morgan fingerprint density at radius 1 is 1.07 bits per heavy atom. The Hall–Kier alpha value is -2.17. The van der Waals surface area contributed by atoms with Crippen LogP contribution in [0, 0.1) is 25.7 Å². The van der Waals surface area contributed by atoms with Gasteiger partial charge in [0.25, 0.3) is 0 Å². The number of carbonyl (C=O) groups excluding carboxylic acids is 3. The zero-order chi connectivity index (χ0) is 20.8. The highest BCUT2D eigenvalue weighted by atomic mass is 16.2. The molecule has 1 fully saturated rings. The number of Topliss-reactive ketones (excluding diaryl/α,β-unsaturated/α-hetero) is 1. The number of hydrogen-bond acceptors (Lipinski definition) is 3. The van der Waals surface area contributed by atoms with Crippen LogP contribution in [0.3, 0.4) is 0 Å². The summed E-state index contributed by atoms with van der Waals surface area (Å²) >= 11 is 0. The molecule has 0 bridgehead atoms. The summed E-state index contributed by atoms with van der Waals surface area (Å²) in [7, 11) is 0. The highest BCUT2D eigenvalue weighted by molar-refractivity contribution is 5.99. The first-order chi connectivity index (χ1) is 13.2. The highest BCUT2D eigenvalue weighted by Crippen LogP contribution is 2.20. The maximum atomic E-state index is 12.5. The number of benzene rings is 1. The fourth-order valence-electron chi connectivity index (χ4n) is 3.45. The van der Waals surface area contributed by atoms with E-state index in [1.165, 1.54) is 0 Å². The van der Waals surface area contributed by atoms with Gasteiger partial charge in [0, 0.05) is 43.5 Å². The number of likely N-dealkylation sites (tertiary alicyclic amines) is 1. The quantitative estimate of drug-likeness (QED) is 0.727. The SMILES string of the molecule is Cc1ccc(C)c(C(=O)CCC(=O)N2CCC(C(=O)NC(C)C(C)C)CC2)c1. The van der Waals surface area contributed by atoms with E-state index in [9.17, 15) is 14.4 Å². The average molecular weight is 387 g/mol. The number of amides is 2. The first-order valence-electron chi connectivity index (χ1n) is 10.4. The molecule has 0 saturated carbocycles. The lowest BCUT2D eigenvalue weighted by Gasteiger charge is -2.32. The largest absolute Gasteiger partial charge is 0.353 e. The van der Waals surface area contributed by atoms with Crippen molar-refractivity contribution in [2.24, 2.45) is 11.8 Å². The number of aryl methyl sites for hydroxylation is 2. The molecule has 154 valence electrons. The summed E-state index contributed by atoms with van der Waals surface area (Å²) in [6.07, 6.45) is 1.84. The Morgan fingerprint density at radius 2 is 1.71 bits per heavy atom. The molecule has 1 aromatic rings. The van der Waals surface area contributed by atoms with Crippen LogP contribution in [0.4, 0.5) is 0 Å². The van der Waals surface area contributed by atoms with E-state index < -0.39 is 0 Å². The van der Waals surface area contributed by atoms with Crippen molar-refractivity contribution < 1.29 is 14.4 Å². The van der Waals surface area contributed by atoms with Gasteiger partial charge in [-0.3, -0.25) is 14.4 Å². The minimum atomic E-state index is -0.0261. The molecule has 1 N–H and O–H groups in total. The lowest BCUT2D eigenvalue weighted by atomic mass is 9.94. The van der Waals surface area contributed by atoms with Crippen molar-refractivity contribution >= 4 is 17.6 Å². The van der Waals surface area contributed by atoms with Crippen molar-refractivity contribution in [1.82, 2.24) is 10.2 Å². The van der Waals surface area contributed by atoms with Crippen molar-refractivity contribution in [2.75, 3.05) is 13.1 Å². The molecule has 0 radical (unpaired) electrons. The minimum Gasteiger partial charge on any atom is -0.353 e. The van der Waals surface area contributed by atoms with Gasteiger partial charge in [0.05, 0.1) is 0 Å². The molecule has 1 heterocycles. The molecule has 1 aliphatic heterocycles. The van der Waals surface area contributed by atoms with Gasteiger partial charge in [0.1, 0.15) is 0 Å². The van der Waals surface area contributed by atoms with Gasteiger partial charge in [-0.15, -0.1) is 0 Å². The predicted octanol–water partition coefficient (Wildman–Crippen LogP) is 3.67. The molecule has 1 atom stereocenters. The summed E-state index contributed by atoms with van der Waals surface area (Å²) in [5, 5.41) is 3.07. The van der Waals surface area contributed by atoms with Crippen LogP contribution in [-0.4, -0.2) is 41.6 Å². The number of ketones is 1. The summed E-state index contributed by atoms with van der Waals surface area (Å²) in [5.74, 6) is 0.500. The van der Waals surface area contributed by atoms with Crippen molar-refractivity contribution in [2.45, 2.75) is 66.3 Å². The van der Waals surface area contributed by atoms with Crippen LogP contribution in [-0.2, 0) is 9.59 Å². The molecule has 5 heteroatoms. The summed E-state index contributed by atoms with van der Waals surface area (Å²) in [6, 6.07) is 5.98. The van der Waals surface area contributed by atoms with Crippen LogP contribution in [0.25, 0.3) is 0 Å². The Balaban J connectivity index is 1.80. The second-order valence-corrected chi connectivity index (χ2v) is 8.44. The van der Waals surface area contributed by atoms with Crippen LogP contribution >= 0.6 is 0 Å². The molecule has 1 saturated heterocycles. The second kappa shape index (κ2) is 9.85. The molecule has 0 aliphatic carbocycles. The van der Waals surface area contributed by atoms with Gasteiger partial charge in [-0.2, -0.15) is 0 Å². The highest BCUT2D eigenvalue weighted by Gasteiger charge is 2.28. The monoisotopic (exact) mass is 386 g/mol. The van der Waals surface area contributed by atoms with Gasteiger partial charge in [-0.1, -0.05) is 31.5 Å². The van der Waals surface area contributed by atoms with Gasteiger partial charge in [0.2, 0.25) is 11.8 Å². The molecular weight excluding hydrogens is 352 g/mol. The average Bonchev–Trinajstić information content (AvgIpc) is 2.67. The lowest BCUT2D eigenvalue weighted by molar-refractivity contribution is -0.135. The van der Waals surface area contributed by atoms with Crippen molar-refractivity contribution in [1.29, 1.82) is 0 Å². The van der Waals surface area contributed by atoms with E-state index in [0.29, 0.717) is 37.4 Å². The molecule has 28 heavy (non-hydrogen) atoms. The van der Waals surface area contributed by atoms with Crippen LogP contribution in [0.15, 0.2) is 18.2 Å². The van der Waals surface area contributed by atoms with E-state index in [0.717, 1.165) is 11.1 Å². The van der Waals surface area contributed by atoms with Crippen molar-refractivity contribution in [3.63, 3.8) is 0 Å². The molecule has 0 aromatic heterocycles. The first-order valence-corrected chi connectivity index (χ1v) is 10.4. The summed E-state index contributed by atoms with van der Waals surface area (Å²) in [4.78, 5) is 39.1. The van der Waals surface area contributed by atoms with Gasteiger partial charge >= 0.3 is 0 Å². The van der Waals surface area contributed by atoms with Crippen LogP contribution in [0.1, 0.15) is 67.9 Å². The van der Waals surface area contributed by atoms with Gasteiger partial charge in [-0.25, -0.2) is 0 Å². The fourth-order valence-corrected chi connectivity index (χ4v) is 3.45. The third-order valence-electron chi connectivity index (χ3n) is 5.85. The van der Waals surface area contributed by atoms with E-state index in [2.05, 4.69) is 19.2 Å². The van der Waals surface area contributed by atoms with E-state index in [-0.39, 0.29) is 42.4 Å². The van der Waals surface area contributed by atoms with Crippen LogP contribution in [0.5, 0.6) is 0 Å². The molecule has 2 amide bonds. The summed E-state index contributed by atoms with van der Waals surface area (Å²) in [6.45, 7) is 11.3. The van der Waals surface area contributed by atoms with Gasteiger partial charge in [-0.05, 0) is 51.2 Å². The molecule has 1 aliphatic rings. The zero-order valence-corrected chi connectivity index (χ0v) is 17.9. The number of piperidine rings is 1. The lowest BCUT2D eigenvalue weighted by Crippen LogP contribution is -2.45. The summed E-state index contributed by atoms with van der Waals surface area (Å²) in [5.41, 5.74) is 2.71. The first kappa shape index (κ1) is 22.1. The topological polar surface area (TPSA) is 66.5 Å². The number of nitrogens with one attached hydrogen (secondary N) is 1. The number of rotatable bonds is 7. The number of carbonyl (C=O) groups is 3. The molecule has 5 nitrogen and oxygen atoms in total. The van der Waals surface area contributed by atoms with Crippen molar-refractivity contribution in [3.05, 3.63) is 34.9 Å². The maximum absolute atomic E-state index is 12.5. The van der Waals surface area contributed by atoms with E-state index >= 15 is 0 Å². The third-order valence-corrected chi connectivity index (χ3v) is 5.85. The molecule has 1 aromatic carbocycles.